The molecule has 1 aliphatic heterocycles. The van der Waals surface area contributed by atoms with Crippen molar-refractivity contribution in [2.75, 3.05) is 5.08 Å². The minimum Gasteiger partial charge on any atom is -0.264 e. The van der Waals surface area contributed by atoms with E-state index in [1.807, 2.05) is 29.6 Å². The fraction of sp³-hybridized carbons (Fsp3) is 0.300. The van der Waals surface area contributed by atoms with E-state index in [4.69, 9.17) is 0 Å². The Morgan fingerprint density at radius 3 is 2.46 bits per heavy atom. The van der Waals surface area contributed by atoms with Crippen molar-refractivity contribution >= 4 is 27.9 Å². The molecule has 1 aliphatic rings. The van der Waals surface area contributed by atoms with Gasteiger partial charge in [-0.25, -0.2) is 0 Å². The van der Waals surface area contributed by atoms with Crippen LogP contribution in [0, 0.1) is 0 Å². The predicted molar refractivity (Wildman–Crippen MR) is 62.3 cm³/mol. The zero-order chi connectivity index (χ0) is 9.10. The van der Waals surface area contributed by atoms with Gasteiger partial charge in [-0.2, -0.15) is 0 Å². The van der Waals surface area contributed by atoms with Crippen LogP contribution in [0.25, 0.3) is 0 Å². The Kier molecular flexibility index (Phi) is 2.96. The maximum Gasteiger partial charge on any atom is 0.126 e. The summed E-state index contributed by atoms with van der Waals surface area (Å²) >= 11 is 3.68. The van der Waals surface area contributed by atoms with Crippen molar-refractivity contribution in [2.24, 2.45) is 4.99 Å². The summed E-state index contributed by atoms with van der Waals surface area (Å²) in [7, 11) is 0. The molecule has 0 aliphatic carbocycles. The van der Waals surface area contributed by atoms with Gasteiger partial charge in [0, 0.05) is 0 Å². The van der Waals surface area contributed by atoms with E-state index in [0.29, 0.717) is 6.04 Å². The van der Waals surface area contributed by atoms with Gasteiger partial charge in [-0.3, -0.25) is 4.99 Å². The average molecular weight is 209 g/mol. The monoisotopic (exact) mass is 209 g/mol. The van der Waals surface area contributed by atoms with Gasteiger partial charge >= 0.3 is 0 Å². The Morgan fingerprint density at radius 1 is 1.23 bits per heavy atom. The minimum absolute atomic E-state index is 0.302. The van der Waals surface area contributed by atoms with Crippen LogP contribution in [-0.2, 0) is 0 Å². The first kappa shape index (κ1) is 9.16. The van der Waals surface area contributed by atoms with Gasteiger partial charge in [-0.15, -0.1) is 0 Å². The van der Waals surface area contributed by atoms with Gasteiger partial charge in [0.25, 0.3) is 0 Å². The highest BCUT2D eigenvalue weighted by molar-refractivity contribution is 8.52. The van der Waals surface area contributed by atoms with Crippen LogP contribution in [0.5, 0.6) is 0 Å². The van der Waals surface area contributed by atoms with Crippen LogP contribution >= 0.6 is 23.5 Å². The van der Waals surface area contributed by atoms with Gasteiger partial charge in [0.05, 0.1) is 11.1 Å². The molecule has 1 atom stereocenters. The summed E-state index contributed by atoms with van der Waals surface area (Å²) in [5.41, 5.74) is 1.29. The lowest BCUT2D eigenvalue weighted by Gasteiger charge is -2.15. The number of rotatable bonds is 2. The molecule has 0 aromatic heterocycles. The van der Waals surface area contributed by atoms with E-state index in [1.54, 1.807) is 0 Å². The second kappa shape index (κ2) is 4.20. The largest absolute Gasteiger partial charge is 0.264 e. The summed E-state index contributed by atoms with van der Waals surface area (Å²) in [6, 6.07) is 10.7. The maximum atomic E-state index is 4.60. The van der Waals surface area contributed by atoms with Crippen molar-refractivity contribution in [3.63, 3.8) is 0 Å². The Labute approximate surface area is 87.0 Å². The van der Waals surface area contributed by atoms with Gasteiger partial charge in [0.15, 0.2) is 0 Å². The number of benzene rings is 1. The molecule has 1 aromatic carbocycles. The van der Waals surface area contributed by atoms with Crippen molar-refractivity contribution in [1.29, 1.82) is 0 Å². The smallest absolute Gasteiger partial charge is 0.126 e. The molecule has 0 bridgehead atoms. The summed E-state index contributed by atoms with van der Waals surface area (Å²) in [6.45, 7) is 2.14. The molecular weight excluding hydrogens is 198 g/mol. The van der Waals surface area contributed by atoms with Crippen LogP contribution in [0.3, 0.4) is 0 Å². The van der Waals surface area contributed by atoms with Gasteiger partial charge in [-0.1, -0.05) is 53.9 Å². The van der Waals surface area contributed by atoms with Gasteiger partial charge in [-0.05, 0) is 12.5 Å². The summed E-state index contributed by atoms with van der Waals surface area (Å²) < 4.78 is 1.23. The van der Waals surface area contributed by atoms with Crippen LogP contribution in [-0.4, -0.2) is 9.46 Å². The number of thioether (sulfide) groups is 2. The lowest BCUT2D eigenvalue weighted by molar-refractivity contribution is 0.826. The Bertz CT molecular complexity index is 302. The molecule has 3 heteroatoms. The van der Waals surface area contributed by atoms with Crippen molar-refractivity contribution < 1.29 is 0 Å². The maximum absolute atomic E-state index is 4.60. The predicted octanol–water partition coefficient (Wildman–Crippen LogP) is 3.54. The molecule has 13 heavy (non-hydrogen) atoms. The molecule has 0 radical (unpaired) electrons. The molecule has 0 amide bonds. The summed E-state index contributed by atoms with van der Waals surface area (Å²) in [5, 5.41) is 1.17. The van der Waals surface area contributed by atoms with E-state index in [0.717, 1.165) is 0 Å². The van der Waals surface area contributed by atoms with Gasteiger partial charge in [0.1, 0.15) is 4.38 Å². The molecule has 0 saturated carbocycles. The third-order valence-corrected chi connectivity index (χ3v) is 4.30. The number of hydrogen-bond donors (Lipinski definition) is 0. The zero-order valence-corrected chi connectivity index (χ0v) is 9.07. The number of hydrogen-bond acceptors (Lipinski definition) is 3. The van der Waals surface area contributed by atoms with E-state index >= 15 is 0 Å². The summed E-state index contributed by atoms with van der Waals surface area (Å²) in [6.07, 6.45) is 0. The van der Waals surface area contributed by atoms with Crippen LogP contribution in [0.4, 0.5) is 0 Å². The van der Waals surface area contributed by atoms with E-state index < -0.39 is 0 Å². The highest BCUT2D eigenvalue weighted by atomic mass is 32.3. The molecule has 1 unspecified atom stereocenters. The first-order chi connectivity index (χ1) is 6.36. The Morgan fingerprint density at radius 2 is 1.92 bits per heavy atom. The average Bonchev–Trinajstić information content (AvgIpc) is 2.12. The topological polar surface area (TPSA) is 12.4 Å². The summed E-state index contributed by atoms with van der Waals surface area (Å²) in [4.78, 5) is 4.60. The van der Waals surface area contributed by atoms with Crippen LogP contribution in [0.1, 0.15) is 18.5 Å². The van der Waals surface area contributed by atoms with Gasteiger partial charge in [0.2, 0.25) is 0 Å². The molecule has 1 heterocycles. The van der Waals surface area contributed by atoms with Crippen molar-refractivity contribution in [1.82, 2.24) is 0 Å². The second-order valence-corrected chi connectivity index (χ2v) is 5.44. The highest BCUT2D eigenvalue weighted by Crippen LogP contribution is 2.34. The fourth-order valence-corrected chi connectivity index (χ4v) is 2.51. The third-order valence-electron chi connectivity index (χ3n) is 1.95. The van der Waals surface area contributed by atoms with E-state index in [-0.39, 0.29) is 0 Å². The van der Waals surface area contributed by atoms with Crippen LogP contribution in [0.15, 0.2) is 35.3 Å². The van der Waals surface area contributed by atoms with E-state index in [2.05, 4.69) is 36.2 Å². The SMILES string of the molecule is CC(N=C1SCS1)c1ccccc1. The van der Waals surface area contributed by atoms with Crippen molar-refractivity contribution in [3.05, 3.63) is 35.9 Å². The third kappa shape index (κ3) is 2.29. The van der Waals surface area contributed by atoms with Crippen molar-refractivity contribution in [2.45, 2.75) is 13.0 Å². The zero-order valence-electron chi connectivity index (χ0n) is 7.43. The fourth-order valence-electron chi connectivity index (χ4n) is 1.15. The first-order valence-corrected chi connectivity index (χ1v) is 6.22. The lowest BCUT2D eigenvalue weighted by Crippen LogP contribution is -2.01. The number of aliphatic imine (C=N–C) groups is 1. The Balaban J connectivity index is 2.09. The van der Waals surface area contributed by atoms with Crippen LogP contribution < -0.4 is 0 Å². The molecule has 1 aromatic rings. The standard InChI is InChI=1S/C10H11NS2/c1-8(11-10-12-7-13-10)9-5-3-2-4-6-9/h2-6,8H,7H2,1H3. The molecule has 1 saturated heterocycles. The molecule has 2 rings (SSSR count). The van der Waals surface area contributed by atoms with Crippen molar-refractivity contribution in [3.8, 4) is 0 Å². The first-order valence-electron chi connectivity index (χ1n) is 4.24. The lowest BCUT2D eigenvalue weighted by atomic mass is 10.1. The Hall–Kier alpha value is -0.410. The normalized spacial score (nSPS) is 17.8. The number of nitrogens with zero attached hydrogens (tertiary/aromatic N) is 1. The molecular formula is C10H11NS2. The highest BCUT2D eigenvalue weighted by Gasteiger charge is 2.13. The van der Waals surface area contributed by atoms with E-state index in [1.165, 1.54) is 15.0 Å². The molecule has 0 N–H and O–H groups in total. The minimum atomic E-state index is 0.302. The molecule has 0 spiro atoms. The summed E-state index contributed by atoms with van der Waals surface area (Å²) in [5.74, 6) is 0. The molecule has 1 fully saturated rings. The van der Waals surface area contributed by atoms with E-state index in [9.17, 15) is 0 Å². The molecule has 1 nitrogen and oxygen atoms in total. The quantitative estimate of drug-likeness (QED) is 0.738. The molecule has 68 valence electrons. The second-order valence-electron chi connectivity index (χ2n) is 2.89. The van der Waals surface area contributed by atoms with Crippen LogP contribution in [0.2, 0.25) is 0 Å². The van der Waals surface area contributed by atoms with Gasteiger partial charge < -0.3 is 0 Å².